The van der Waals surface area contributed by atoms with E-state index in [1.54, 1.807) is 28.8 Å². The minimum absolute atomic E-state index is 0.0138. The third-order valence-electron chi connectivity index (χ3n) is 9.49. The highest BCUT2D eigenvalue weighted by Gasteiger charge is 2.78. The molecule has 1 spiro atoms. The molecule has 6 atom stereocenters. The number of rotatable bonds is 14. The molecule has 0 aromatic carbocycles. The van der Waals surface area contributed by atoms with E-state index in [0.29, 0.717) is 32.5 Å². The van der Waals surface area contributed by atoms with Crippen molar-refractivity contribution in [1.82, 2.24) is 14.7 Å². The van der Waals surface area contributed by atoms with Crippen LogP contribution in [0.15, 0.2) is 25.3 Å². The molecule has 2 unspecified atom stereocenters. The largest absolute Gasteiger partial charge is 0.394 e. The van der Waals surface area contributed by atoms with E-state index in [9.17, 15) is 14.7 Å². The van der Waals surface area contributed by atoms with Crippen LogP contribution in [0.2, 0.25) is 0 Å². The Bertz CT molecular complexity index is 1050. The van der Waals surface area contributed by atoms with E-state index >= 15 is 4.79 Å². The molecule has 0 saturated carbocycles. The van der Waals surface area contributed by atoms with Gasteiger partial charge in [0.1, 0.15) is 6.04 Å². The molecular weight excluding hydrogens is 546 g/mol. The average Bonchev–Trinajstić information content (AvgIpc) is 3.44. The van der Waals surface area contributed by atoms with E-state index in [-0.39, 0.29) is 35.7 Å². The fraction of sp³-hybridized carbons (Fsp3) is 0.794. The fourth-order valence-electron chi connectivity index (χ4n) is 8.45. The summed E-state index contributed by atoms with van der Waals surface area (Å²) in [5.41, 5.74) is -0.526. The lowest BCUT2D eigenvalue weighted by atomic mass is 9.66. The molecule has 3 heterocycles. The van der Waals surface area contributed by atoms with Gasteiger partial charge in [-0.05, 0) is 64.2 Å². The number of fused-ring (bicyclic) bond motifs is 1. The summed E-state index contributed by atoms with van der Waals surface area (Å²) >= 11 is 1.70. The maximum absolute atomic E-state index is 15.1. The van der Waals surface area contributed by atoms with Gasteiger partial charge in [0, 0.05) is 29.9 Å². The normalized spacial score (nSPS) is 29.5. The van der Waals surface area contributed by atoms with Crippen molar-refractivity contribution in [3.8, 4) is 0 Å². The molecule has 7 nitrogen and oxygen atoms in total. The monoisotopic (exact) mass is 603 g/mol. The maximum atomic E-state index is 15.1. The minimum atomic E-state index is -0.756. The summed E-state index contributed by atoms with van der Waals surface area (Å²) in [4.78, 5) is 49.6. The van der Waals surface area contributed by atoms with Crippen molar-refractivity contribution in [1.29, 1.82) is 0 Å². The first-order valence-electron chi connectivity index (χ1n) is 15.9. The van der Waals surface area contributed by atoms with Crippen LogP contribution >= 0.6 is 11.8 Å². The Labute approximate surface area is 259 Å². The number of nitrogens with zero attached hydrogens (tertiary/aromatic N) is 3. The predicted octanol–water partition coefficient (Wildman–Crippen LogP) is 5.53. The molecule has 3 aliphatic heterocycles. The summed E-state index contributed by atoms with van der Waals surface area (Å²) in [5.74, 6) is -1.17. The van der Waals surface area contributed by atoms with E-state index in [2.05, 4.69) is 68.5 Å². The Morgan fingerprint density at radius 3 is 2.24 bits per heavy atom. The van der Waals surface area contributed by atoms with Gasteiger partial charge in [0.15, 0.2) is 0 Å². The first kappa shape index (κ1) is 34.7. The Hall–Kier alpha value is -1.80. The number of aliphatic hydroxyl groups is 1. The highest BCUT2D eigenvalue weighted by Crippen LogP contribution is 2.72. The van der Waals surface area contributed by atoms with Gasteiger partial charge in [0.25, 0.3) is 0 Å². The van der Waals surface area contributed by atoms with Crippen molar-refractivity contribution in [2.75, 3.05) is 26.2 Å². The van der Waals surface area contributed by atoms with Gasteiger partial charge >= 0.3 is 0 Å². The zero-order valence-electron chi connectivity index (χ0n) is 27.7. The fourth-order valence-corrected chi connectivity index (χ4v) is 10.8. The SMILES string of the molecule is C=CCN(CCC)C(=O)[C@@H]1[C@H]2C(=O)N([C@@H](CO)CC(C)C)C(C(=O)N(CC=C)C(C)(C)CC(C)(C)C)C23CC[C@@]1(C)S3. The maximum Gasteiger partial charge on any atom is 0.247 e. The van der Waals surface area contributed by atoms with Gasteiger partial charge in [-0.25, -0.2) is 0 Å². The van der Waals surface area contributed by atoms with Crippen LogP contribution in [0.25, 0.3) is 0 Å². The molecule has 0 aromatic heterocycles. The molecule has 3 fully saturated rings. The van der Waals surface area contributed by atoms with Gasteiger partial charge in [-0.1, -0.05) is 53.7 Å². The number of aliphatic hydroxyl groups excluding tert-OH is 1. The number of hydrogen-bond donors (Lipinski definition) is 1. The van der Waals surface area contributed by atoms with Gasteiger partial charge in [-0.3, -0.25) is 14.4 Å². The van der Waals surface area contributed by atoms with Crippen molar-refractivity contribution < 1.29 is 19.5 Å². The molecule has 1 N–H and O–H groups in total. The number of hydrogen-bond acceptors (Lipinski definition) is 5. The van der Waals surface area contributed by atoms with Crippen LogP contribution in [-0.2, 0) is 14.4 Å². The minimum Gasteiger partial charge on any atom is -0.394 e. The first-order valence-corrected chi connectivity index (χ1v) is 16.7. The van der Waals surface area contributed by atoms with E-state index in [0.717, 1.165) is 19.3 Å². The van der Waals surface area contributed by atoms with Crippen LogP contribution in [0.4, 0.5) is 0 Å². The number of amides is 3. The first-order chi connectivity index (χ1) is 19.4. The lowest BCUT2D eigenvalue weighted by molar-refractivity contribution is -0.150. The van der Waals surface area contributed by atoms with Gasteiger partial charge in [0.05, 0.1) is 29.2 Å². The number of likely N-dealkylation sites (tertiary alicyclic amines) is 1. The Balaban J connectivity index is 2.20. The molecule has 42 heavy (non-hydrogen) atoms. The summed E-state index contributed by atoms with van der Waals surface area (Å²) in [7, 11) is 0. The zero-order chi connectivity index (χ0) is 31.8. The molecule has 3 aliphatic rings. The molecule has 3 amide bonds. The topological polar surface area (TPSA) is 81.2 Å². The molecule has 3 rings (SSSR count). The molecular formula is C34H57N3O4S. The van der Waals surface area contributed by atoms with Crippen molar-refractivity contribution in [2.45, 2.75) is 122 Å². The number of carbonyl (C=O) groups excluding carboxylic acids is 3. The average molecular weight is 604 g/mol. The smallest absolute Gasteiger partial charge is 0.247 e. The molecule has 2 bridgehead atoms. The molecule has 0 aromatic rings. The van der Waals surface area contributed by atoms with Crippen LogP contribution in [0.5, 0.6) is 0 Å². The summed E-state index contributed by atoms with van der Waals surface area (Å²) in [6.07, 6.45) is 7.14. The summed E-state index contributed by atoms with van der Waals surface area (Å²) in [6, 6.07) is -1.25. The highest BCUT2D eigenvalue weighted by molar-refractivity contribution is 8.02. The van der Waals surface area contributed by atoms with Crippen LogP contribution in [0.1, 0.15) is 94.4 Å². The Morgan fingerprint density at radius 1 is 1.12 bits per heavy atom. The standard InChI is InChI=1S/C34H57N3O4S/c1-12-17-35(18-13-2)28(39)25-26-29(40)37(24(21-38)20-23(4)5)27(34(26)16-15-33(25,11)42-34)30(41)36(19-14-3)32(9,10)22-31(6,7)8/h12,14,23-27,38H,1,3,13,15-22H2,2,4-11H3/t24-,25+,26+,27?,33-,34?/m1/s1. The number of carbonyl (C=O) groups is 3. The predicted molar refractivity (Wildman–Crippen MR) is 173 cm³/mol. The Morgan fingerprint density at radius 2 is 1.74 bits per heavy atom. The van der Waals surface area contributed by atoms with E-state index in [1.165, 1.54) is 0 Å². The van der Waals surface area contributed by atoms with Crippen molar-refractivity contribution in [3.63, 3.8) is 0 Å². The lowest BCUT2D eigenvalue weighted by Crippen LogP contribution is -2.61. The third-order valence-corrected chi connectivity index (χ3v) is 11.5. The summed E-state index contributed by atoms with van der Waals surface area (Å²) < 4.78 is -1.16. The third kappa shape index (κ3) is 6.22. The van der Waals surface area contributed by atoms with E-state index in [4.69, 9.17) is 0 Å². The van der Waals surface area contributed by atoms with Gasteiger partial charge in [-0.15, -0.1) is 24.9 Å². The lowest BCUT2D eigenvalue weighted by Gasteiger charge is -2.46. The van der Waals surface area contributed by atoms with E-state index in [1.807, 2.05) is 16.7 Å². The van der Waals surface area contributed by atoms with Crippen LogP contribution in [0.3, 0.4) is 0 Å². The second kappa shape index (κ2) is 12.7. The second-order valence-electron chi connectivity index (χ2n) is 15.3. The Kier molecular flexibility index (Phi) is 10.5. The van der Waals surface area contributed by atoms with Crippen LogP contribution in [0, 0.1) is 23.2 Å². The van der Waals surface area contributed by atoms with Crippen molar-refractivity contribution in [2.24, 2.45) is 23.2 Å². The van der Waals surface area contributed by atoms with Gasteiger partial charge in [0.2, 0.25) is 17.7 Å². The van der Waals surface area contributed by atoms with Crippen LogP contribution < -0.4 is 0 Å². The van der Waals surface area contributed by atoms with E-state index < -0.39 is 39.0 Å². The van der Waals surface area contributed by atoms with Gasteiger partial charge in [-0.2, -0.15) is 0 Å². The van der Waals surface area contributed by atoms with Crippen molar-refractivity contribution >= 4 is 29.5 Å². The summed E-state index contributed by atoms with van der Waals surface area (Å²) in [6.45, 7) is 28.0. The highest BCUT2D eigenvalue weighted by atomic mass is 32.2. The zero-order valence-corrected chi connectivity index (χ0v) is 28.6. The molecule has 8 heteroatoms. The van der Waals surface area contributed by atoms with Gasteiger partial charge < -0.3 is 19.8 Å². The second-order valence-corrected chi connectivity index (χ2v) is 17.2. The molecule has 0 radical (unpaired) electrons. The quantitative estimate of drug-likeness (QED) is 0.264. The molecule has 0 aliphatic carbocycles. The van der Waals surface area contributed by atoms with Crippen LogP contribution in [-0.4, -0.2) is 90.9 Å². The van der Waals surface area contributed by atoms with Crippen molar-refractivity contribution in [3.05, 3.63) is 25.3 Å². The molecule has 3 saturated heterocycles. The number of thioether (sulfide) groups is 1. The summed E-state index contributed by atoms with van der Waals surface area (Å²) in [5, 5.41) is 10.7. The molecule has 238 valence electrons.